The molecule has 1 N–H and O–H groups in total. The third-order valence-corrected chi connectivity index (χ3v) is 3.97. The molecule has 0 aromatic heterocycles. The highest BCUT2D eigenvalue weighted by Crippen LogP contribution is 2.37. The number of halogens is 1. The van der Waals surface area contributed by atoms with Crippen molar-refractivity contribution in [3.05, 3.63) is 46.4 Å². The minimum absolute atomic E-state index is 0.255. The average Bonchev–Trinajstić information content (AvgIpc) is 2.62. The number of anilines is 1. The number of benzene rings is 2. The topological polar surface area (TPSA) is 56.8 Å². The molecule has 0 aliphatic rings. The predicted molar refractivity (Wildman–Crippen MR) is 102 cm³/mol. The summed E-state index contributed by atoms with van der Waals surface area (Å²) in [5, 5.41) is 2.88. The zero-order chi connectivity index (χ0) is 18.2. The lowest BCUT2D eigenvalue weighted by Gasteiger charge is -2.15. The standard InChI is InChI=1S/C19H22BrNO4/c1-4-10-25-16-9-7-6-8-15(16)21-19(22)13-11-14(20)18(24-5-2)17(12-13)23-3/h6-9,11-12H,4-5,10H2,1-3H3,(H,21,22). The summed E-state index contributed by atoms with van der Waals surface area (Å²) in [6.45, 7) is 5.02. The largest absolute Gasteiger partial charge is 0.493 e. The van der Waals surface area contributed by atoms with Crippen molar-refractivity contribution >= 4 is 27.5 Å². The lowest BCUT2D eigenvalue weighted by molar-refractivity contribution is 0.102. The van der Waals surface area contributed by atoms with Crippen LogP contribution in [0.25, 0.3) is 0 Å². The van der Waals surface area contributed by atoms with Gasteiger partial charge in [-0.25, -0.2) is 0 Å². The van der Waals surface area contributed by atoms with Gasteiger partial charge in [0.1, 0.15) is 5.75 Å². The second-order valence-corrected chi connectivity index (χ2v) is 6.08. The molecule has 0 heterocycles. The maximum atomic E-state index is 12.6. The fraction of sp³-hybridized carbons (Fsp3) is 0.316. The number of ether oxygens (including phenoxy) is 3. The Kier molecular flexibility index (Phi) is 7.13. The van der Waals surface area contributed by atoms with Gasteiger partial charge in [-0.15, -0.1) is 0 Å². The van der Waals surface area contributed by atoms with Gasteiger partial charge in [-0.1, -0.05) is 19.1 Å². The molecule has 6 heteroatoms. The molecule has 0 bridgehead atoms. The minimum atomic E-state index is -0.255. The molecule has 0 saturated heterocycles. The van der Waals surface area contributed by atoms with E-state index in [-0.39, 0.29) is 5.91 Å². The van der Waals surface area contributed by atoms with E-state index in [1.54, 1.807) is 19.2 Å². The van der Waals surface area contributed by atoms with Gasteiger partial charge in [0.25, 0.3) is 5.91 Å². The first-order valence-corrected chi connectivity index (χ1v) is 8.93. The number of carbonyl (C=O) groups is 1. The molecule has 0 radical (unpaired) electrons. The van der Waals surface area contributed by atoms with E-state index in [0.717, 1.165) is 6.42 Å². The number of rotatable bonds is 8. The molecule has 2 aromatic rings. The van der Waals surface area contributed by atoms with Crippen LogP contribution in [0.4, 0.5) is 5.69 Å². The summed E-state index contributed by atoms with van der Waals surface area (Å²) in [4.78, 5) is 12.6. The Hall–Kier alpha value is -2.21. The molecule has 25 heavy (non-hydrogen) atoms. The summed E-state index contributed by atoms with van der Waals surface area (Å²) >= 11 is 3.43. The number of amides is 1. The van der Waals surface area contributed by atoms with Gasteiger partial charge in [0.05, 0.1) is 30.5 Å². The van der Waals surface area contributed by atoms with Crippen molar-refractivity contribution in [2.45, 2.75) is 20.3 Å². The van der Waals surface area contributed by atoms with E-state index in [1.807, 2.05) is 38.1 Å². The van der Waals surface area contributed by atoms with Crippen molar-refractivity contribution in [1.29, 1.82) is 0 Å². The first-order valence-electron chi connectivity index (χ1n) is 8.14. The van der Waals surface area contributed by atoms with Crippen LogP contribution in [0, 0.1) is 0 Å². The van der Waals surface area contributed by atoms with E-state index in [1.165, 1.54) is 0 Å². The van der Waals surface area contributed by atoms with Gasteiger partial charge < -0.3 is 19.5 Å². The van der Waals surface area contributed by atoms with Crippen molar-refractivity contribution in [1.82, 2.24) is 0 Å². The first-order chi connectivity index (χ1) is 12.1. The molecule has 5 nitrogen and oxygen atoms in total. The molecule has 0 fully saturated rings. The number of carbonyl (C=O) groups excluding carboxylic acids is 1. The lowest BCUT2D eigenvalue weighted by Crippen LogP contribution is -2.13. The van der Waals surface area contributed by atoms with Crippen LogP contribution in [-0.4, -0.2) is 26.2 Å². The smallest absolute Gasteiger partial charge is 0.255 e. The van der Waals surface area contributed by atoms with Gasteiger partial charge in [-0.3, -0.25) is 4.79 Å². The Morgan fingerprint density at radius 1 is 1.12 bits per heavy atom. The van der Waals surface area contributed by atoms with Crippen LogP contribution in [0.5, 0.6) is 17.2 Å². The molecule has 2 rings (SSSR count). The van der Waals surface area contributed by atoms with Gasteiger partial charge >= 0.3 is 0 Å². The van der Waals surface area contributed by atoms with E-state index >= 15 is 0 Å². The first kappa shape index (κ1) is 19.1. The Morgan fingerprint density at radius 3 is 2.56 bits per heavy atom. The molecule has 0 aliphatic carbocycles. The van der Waals surface area contributed by atoms with E-state index < -0.39 is 0 Å². The normalized spacial score (nSPS) is 10.2. The van der Waals surface area contributed by atoms with E-state index in [2.05, 4.69) is 21.2 Å². The van der Waals surface area contributed by atoms with Crippen LogP contribution >= 0.6 is 15.9 Å². The summed E-state index contributed by atoms with van der Waals surface area (Å²) in [5.74, 6) is 1.47. The Balaban J connectivity index is 2.26. The Morgan fingerprint density at radius 2 is 1.88 bits per heavy atom. The van der Waals surface area contributed by atoms with Crippen LogP contribution < -0.4 is 19.5 Å². The monoisotopic (exact) mass is 407 g/mol. The van der Waals surface area contributed by atoms with Crippen molar-refractivity contribution in [3.8, 4) is 17.2 Å². The van der Waals surface area contributed by atoms with Gasteiger partial charge in [0.2, 0.25) is 0 Å². The van der Waals surface area contributed by atoms with Crippen molar-refractivity contribution < 1.29 is 19.0 Å². The van der Waals surface area contributed by atoms with E-state index in [0.29, 0.717) is 46.2 Å². The quantitative estimate of drug-likeness (QED) is 0.675. The van der Waals surface area contributed by atoms with Crippen LogP contribution in [0.3, 0.4) is 0 Å². The molecule has 134 valence electrons. The van der Waals surface area contributed by atoms with Crippen molar-refractivity contribution in [2.75, 3.05) is 25.6 Å². The molecule has 0 unspecified atom stereocenters. The number of nitrogens with one attached hydrogen (secondary N) is 1. The Bertz CT molecular complexity index is 733. The number of hydrogen-bond donors (Lipinski definition) is 1. The summed E-state index contributed by atoms with van der Waals surface area (Å²) < 4.78 is 17.2. The zero-order valence-corrected chi connectivity index (χ0v) is 16.2. The highest BCUT2D eigenvalue weighted by Gasteiger charge is 2.16. The number of methoxy groups -OCH3 is 1. The van der Waals surface area contributed by atoms with Crippen LogP contribution in [0.15, 0.2) is 40.9 Å². The second-order valence-electron chi connectivity index (χ2n) is 5.22. The SMILES string of the molecule is CCCOc1ccccc1NC(=O)c1cc(Br)c(OCC)c(OC)c1. The minimum Gasteiger partial charge on any atom is -0.493 e. The van der Waals surface area contributed by atoms with E-state index in [4.69, 9.17) is 14.2 Å². The average molecular weight is 408 g/mol. The number of hydrogen-bond acceptors (Lipinski definition) is 4. The van der Waals surface area contributed by atoms with Gasteiger partial charge in [-0.2, -0.15) is 0 Å². The summed E-state index contributed by atoms with van der Waals surface area (Å²) in [5.41, 5.74) is 1.09. The molecule has 2 aromatic carbocycles. The fourth-order valence-electron chi connectivity index (χ4n) is 2.24. The third kappa shape index (κ3) is 4.89. The van der Waals surface area contributed by atoms with Crippen molar-refractivity contribution in [3.63, 3.8) is 0 Å². The predicted octanol–water partition coefficient (Wildman–Crippen LogP) is 4.90. The van der Waals surface area contributed by atoms with E-state index in [9.17, 15) is 4.79 Å². The molecule has 0 aliphatic heterocycles. The summed E-state index contributed by atoms with van der Waals surface area (Å²) in [6, 6.07) is 10.7. The third-order valence-electron chi connectivity index (χ3n) is 3.38. The molecular weight excluding hydrogens is 386 g/mol. The fourth-order valence-corrected chi connectivity index (χ4v) is 2.79. The van der Waals surface area contributed by atoms with Crippen LogP contribution in [0.1, 0.15) is 30.6 Å². The Labute approximate surface area is 156 Å². The molecule has 0 saturated carbocycles. The van der Waals surface area contributed by atoms with Gasteiger partial charge in [-0.05, 0) is 53.5 Å². The maximum Gasteiger partial charge on any atom is 0.255 e. The molecular formula is C19H22BrNO4. The molecule has 0 spiro atoms. The zero-order valence-electron chi connectivity index (χ0n) is 14.6. The lowest BCUT2D eigenvalue weighted by atomic mass is 10.1. The second kappa shape index (κ2) is 9.32. The van der Waals surface area contributed by atoms with Gasteiger partial charge in [0, 0.05) is 5.56 Å². The highest BCUT2D eigenvalue weighted by atomic mass is 79.9. The van der Waals surface area contributed by atoms with Crippen LogP contribution in [-0.2, 0) is 0 Å². The maximum absolute atomic E-state index is 12.6. The van der Waals surface area contributed by atoms with Gasteiger partial charge in [0.15, 0.2) is 11.5 Å². The van der Waals surface area contributed by atoms with Crippen molar-refractivity contribution in [2.24, 2.45) is 0 Å². The molecule has 1 amide bonds. The molecule has 0 atom stereocenters. The summed E-state index contributed by atoms with van der Waals surface area (Å²) in [7, 11) is 1.54. The summed E-state index contributed by atoms with van der Waals surface area (Å²) in [6.07, 6.45) is 0.894. The highest BCUT2D eigenvalue weighted by molar-refractivity contribution is 9.10. The van der Waals surface area contributed by atoms with Crippen LogP contribution in [0.2, 0.25) is 0 Å². The number of para-hydroxylation sites is 2.